The molecule has 0 aliphatic carbocycles. The third kappa shape index (κ3) is 2.64. The number of rotatable bonds is 3. The number of nitrogens with zero attached hydrogens (tertiary/aromatic N) is 1. The highest BCUT2D eigenvalue weighted by Gasteiger charge is 2.18. The van der Waals surface area contributed by atoms with Gasteiger partial charge in [-0.3, -0.25) is 0 Å². The minimum atomic E-state index is -3.20. The average Bonchev–Trinajstić information content (AvgIpc) is 2.95. The van der Waals surface area contributed by atoms with Crippen LogP contribution >= 0.6 is 0 Å². The van der Waals surface area contributed by atoms with E-state index in [1.54, 1.807) is 18.2 Å². The number of aromatic nitrogens is 1. The van der Waals surface area contributed by atoms with Gasteiger partial charge in [-0.05, 0) is 43.6 Å². The fourth-order valence-electron chi connectivity index (χ4n) is 2.41. The highest BCUT2D eigenvalue weighted by atomic mass is 32.2. The molecule has 19 heavy (non-hydrogen) atoms. The van der Waals surface area contributed by atoms with E-state index >= 15 is 0 Å². The molecule has 6 heteroatoms. The van der Waals surface area contributed by atoms with Crippen LogP contribution in [0.1, 0.15) is 12.3 Å². The zero-order chi connectivity index (χ0) is 13.5. The molecule has 0 bridgehead atoms. The van der Waals surface area contributed by atoms with Crippen molar-refractivity contribution in [1.82, 2.24) is 10.3 Å². The van der Waals surface area contributed by atoms with E-state index in [4.69, 9.17) is 4.42 Å². The minimum Gasteiger partial charge on any atom is -0.441 e. The van der Waals surface area contributed by atoms with Crippen molar-refractivity contribution in [1.29, 1.82) is 0 Å². The molecule has 3 rings (SSSR count). The van der Waals surface area contributed by atoms with Crippen LogP contribution in [0.15, 0.2) is 27.5 Å². The average molecular weight is 280 g/mol. The summed E-state index contributed by atoms with van der Waals surface area (Å²) in [5.41, 5.74) is 1.26. The van der Waals surface area contributed by atoms with Gasteiger partial charge in [0.2, 0.25) is 0 Å². The summed E-state index contributed by atoms with van der Waals surface area (Å²) in [4.78, 5) is 4.67. The quantitative estimate of drug-likeness (QED) is 0.919. The second-order valence-electron chi connectivity index (χ2n) is 5.07. The molecule has 0 amide bonds. The SMILES string of the molecule is CS(=O)(=O)c1ccc2oc(CC3CCNC3)nc2c1. The summed E-state index contributed by atoms with van der Waals surface area (Å²) in [6, 6.07) is 4.81. The van der Waals surface area contributed by atoms with Crippen LogP contribution in [0, 0.1) is 5.92 Å². The Morgan fingerprint density at radius 2 is 2.32 bits per heavy atom. The molecule has 1 fully saturated rings. The van der Waals surface area contributed by atoms with Gasteiger partial charge in [0, 0.05) is 12.7 Å². The van der Waals surface area contributed by atoms with E-state index in [-0.39, 0.29) is 4.90 Å². The van der Waals surface area contributed by atoms with Gasteiger partial charge in [-0.1, -0.05) is 0 Å². The number of fused-ring (bicyclic) bond motifs is 1. The van der Waals surface area contributed by atoms with Crippen molar-refractivity contribution in [2.24, 2.45) is 5.92 Å². The van der Waals surface area contributed by atoms with E-state index in [0.29, 0.717) is 22.9 Å². The summed E-state index contributed by atoms with van der Waals surface area (Å²) >= 11 is 0. The van der Waals surface area contributed by atoms with Crippen molar-refractivity contribution < 1.29 is 12.8 Å². The van der Waals surface area contributed by atoms with Crippen LogP contribution in [0.2, 0.25) is 0 Å². The van der Waals surface area contributed by atoms with E-state index in [2.05, 4.69) is 10.3 Å². The summed E-state index contributed by atoms with van der Waals surface area (Å²) < 4.78 is 28.7. The number of oxazole rings is 1. The van der Waals surface area contributed by atoms with Gasteiger partial charge in [-0.2, -0.15) is 0 Å². The molecule has 1 saturated heterocycles. The van der Waals surface area contributed by atoms with E-state index in [9.17, 15) is 8.42 Å². The van der Waals surface area contributed by atoms with Gasteiger partial charge in [0.1, 0.15) is 5.52 Å². The van der Waals surface area contributed by atoms with Gasteiger partial charge >= 0.3 is 0 Å². The number of benzene rings is 1. The first-order valence-electron chi connectivity index (χ1n) is 6.32. The van der Waals surface area contributed by atoms with Crippen molar-refractivity contribution in [3.8, 4) is 0 Å². The Bertz CT molecular complexity index is 700. The van der Waals surface area contributed by atoms with E-state index < -0.39 is 9.84 Å². The maximum Gasteiger partial charge on any atom is 0.195 e. The first kappa shape index (κ1) is 12.6. The lowest BCUT2D eigenvalue weighted by atomic mass is 10.1. The maximum atomic E-state index is 11.5. The van der Waals surface area contributed by atoms with E-state index in [0.717, 1.165) is 25.9 Å². The van der Waals surface area contributed by atoms with Gasteiger partial charge in [0.05, 0.1) is 4.90 Å². The Labute approximate surface area is 111 Å². The Kier molecular flexibility index (Phi) is 3.06. The summed E-state index contributed by atoms with van der Waals surface area (Å²) in [6.45, 7) is 2.04. The minimum absolute atomic E-state index is 0.280. The van der Waals surface area contributed by atoms with Crippen LogP contribution < -0.4 is 5.32 Å². The Balaban J connectivity index is 1.92. The highest BCUT2D eigenvalue weighted by Crippen LogP contribution is 2.22. The van der Waals surface area contributed by atoms with Gasteiger partial charge in [0.15, 0.2) is 21.3 Å². The fraction of sp³-hybridized carbons (Fsp3) is 0.462. The molecule has 1 aromatic carbocycles. The second kappa shape index (κ2) is 4.61. The van der Waals surface area contributed by atoms with Crippen molar-refractivity contribution in [2.45, 2.75) is 17.7 Å². The number of hydrogen-bond donors (Lipinski definition) is 1. The van der Waals surface area contributed by atoms with E-state index in [1.807, 2.05) is 0 Å². The second-order valence-corrected chi connectivity index (χ2v) is 7.09. The van der Waals surface area contributed by atoms with Gasteiger partial charge in [-0.15, -0.1) is 0 Å². The summed E-state index contributed by atoms with van der Waals surface area (Å²) in [5.74, 6) is 1.25. The lowest BCUT2D eigenvalue weighted by Crippen LogP contribution is -2.10. The molecular weight excluding hydrogens is 264 g/mol. The van der Waals surface area contributed by atoms with Gasteiger partial charge in [-0.25, -0.2) is 13.4 Å². The molecule has 1 atom stereocenters. The molecule has 1 aromatic heterocycles. The number of hydrogen-bond acceptors (Lipinski definition) is 5. The maximum absolute atomic E-state index is 11.5. The monoisotopic (exact) mass is 280 g/mol. The highest BCUT2D eigenvalue weighted by molar-refractivity contribution is 7.90. The zero-order valence-corrected chi connectivity index (χ0v) is 11.5. The van der Waals surface area contributed by atoms with Crippen molar-refractivity contribution >= 4 is 20.9 Å². The predicted octanol–water partition coefficient (Wildman–Crippen LogP) is 1.38. The first-order chi connectivity index (χ1) is 9.02. The van der Waals surface area contributed by atoms with Gasteiger partial charge in [0.25, 0.3) is 0 Å². The summed E-state index contributed by atoms with van der Waals surface area (Å²) in [7, 11) is -3.20. The number of sulfone groups is 1. The molecule has 1 aliphatic rings. The number of nitrogens with one attached hydrogen (secondary N) is 1. The van der Waals surface area contributed by atoms with Crippen LogP contribution in [0.3, 0.4) is 0 Å². The predicted molar refractivity (Wildman–Crippen MR) is 71.8 cm³/mol. The largest absolute Gasteiger partial charge is 0.441 e. The molecule has 2 aromatic rings. The lowest BCUT2D eigenvalue weighted by Gasteiger charge is -2.02. The smallest absolute Gasteiger partial charge is 0.195 e. The van der Waals surface area contributed by atoms with Crippen molar-refractivity contribution in [3.63, 3.8) is 0 Å². The summed E-state index contributed by atoms with van der Waals surface area (Å²) in [6.07, 6.45) is 3.13. The Morgan fingerprint density at radius 3 is 3.00 bits per heavy atom. The molecule has 0 radical (unpaired) electrons. The Hall–Kier alpha value is -1.40. The fourth-order valence-corrected chi connectivity index (χ4v) is 3.05. The molecule has 1 unspecified atom stereocenters. The first-order valence-corrected chi connectivity index (χ1v) is 8.22. The summed E-state index contributed by atoms with van der Waals surface area (Å²) in [5, 5.41) is 3.31. The van der Waals surface area contributed by atoms with Crippen LogP contribution in [-0.2, 0) is 16.3 Å². The van der Waals surface area contributed by atoms with Crippen LogP contribution in [-0.4, -0.2) is 32.7 Å². The zero-order valence-electron chi connectivity index (χ0n) is 10.7. The van der Waals surface area contributed by atoms with Gasteiger partial charge < -0.3 is 9.73 Å². The van der Waals surface area contributed by atoms with E-state index in [1.165, 1.54) is 6.26 Å². The molecular formula is C13H16N2O3S. The van der Waals surface area contributed by atoms with Crippen LogP contribution in [0.5, 0.6) is 0 Å². The van der Waals surface area contributed by atoms with Crippen molar-refractivity contribution in [3.05, 3.63) is 24.1 Å². The van der Waals surface area contributed by atoms with Crippen molar-refractivity contribution in [2.75, 3.05) is 19.3 Å². The molecule has 1 N–H and O–H groups in total. The standard InChI is InChI=1S/C13H16N2O3S/c1-19(16,17)10-2-3-12-11(7-10)15-13(18-12)6-9-4-5-14-8-9/h2-3,7,9,14H,4-6,8H2,1H3. The topological polar surface area (TPSA) is 72.2 Å². The third-order valence-corrected chi connectivity index (χ3v) is 4.57. The molecule has 2 heterocycles. The molecule has 0 saturated carbocycles. The third-order valence-electron chi connectivity index (χ3n) is 3.46. The van der Waals surface area contributed by atoms with Crippen LogP contribution in [0.4, 0.5) is 0 Å². The molecule has 0 spiro atoms. The van der Waals surface area contributed by atoms with Crippen LogP contribution in [0.25, 0.3) is 11.1 Å². The lowest BCUT2D eigenvalue weighted by molar-refractivity contribution is 0.462. The Morgan fingerprint density at radius 1 is 1.47 bits per heavy atom. The normalized spacial score (nSPS) is 20.2. The molecule has 102 valence electrons. The molecule has 5 nitrogen and oxygen atoms in total. The molecule has 1 aliphatic heterocycles.